The van der Waals surface area contributed by atoms with E-state index in [2.05, 4.69) is 4.90 Å². The lowest BCUT2D eigenvalue weighted by atomic mass is 10.0. The number of para-hydroxylation sites is 1. The molecule has 6 nitrogen and oxygen atoms in total. The van der Waals surface area contributed by atoms with E-state index in [1.807, 2.05) is 42.5 Å². The highest BCUT2D eigenvalue weighted by atomic mass is 35.5. The number of unbranched alkanes of at least 4 members (excludes halogenated alkanes) is 1. The standard InChI is InChI=1S/C34H33ClFNO5/c35-30-16-14-25(15-17-30)28-12-13-29(31(36)21-28)23-42-32-6-2-1-5-26(32)18-20-37(19-4-3-7-33(38)39)22-24-8-10-27(11-9-24)34(40)41/h1-2,5-6,8-17,21H,3-4,7,18-20,22-23H2,(H,38,39)(H,40,41). The van der Waals surface area contributed by atoms with Crippen LogP contribution in [0.3, 0.4) is 0 Å². The first-order valence-electron chi connectivity index (χ1n) is 13.8. The van der Waals surface area contributed by atoms with Crippen molar-refractivity contribution in [2.75, 3.05) is 13.1 Å². The van der Waals surface area contributed by atoms with Crippen LogP contribution in [-0.4, -0.2) is 40.1 Å². The number of carboxylic acids is 2. The zero-order valence-corrected chi connectivity index (χ0v) is 23.9. The third-order valence-corrected chi connectivity index (χ3v) is 7.26. The lowest BCUT2D eigenvalue weighted by molar-refractivity contribution is -0.137. The molecule has 0 saturated carbocycles. The topological polar surface area (TPSA) is 87.1 Å². The number of benzene rings is 4. The average molecular weight is 590 g/mol. The molecule has 218 valence electrons. The van der Waals surface area contributed by atoms with Crippen LogP contribution in [0.2, 0.25) is 5.02 Å². The summed E-state index contributed by atoms with van der Waals surface area (Å²) in [7, 11) is 0. The summed E-state index contributed by atoms with van der Waals surface area (Å²) in [5.74, 6) is -1.45. The van der Waals surface area contributed by atoms with Crippen LogP contribution >= 0.6 is 11.6 Å². The summed E-state index contributed by atoms with van der Waals surface area (Å²) in [6.07, 6.45) is 2.09. The molecule has 0 heterocycles. The minimum atomic E-state index is -0.971. The Balaban J connectivity index is 1.40. The summed E-state index contributed by atoms with van der Waals surface area (Å²) in [5, 5.41) is 18.8. The fraction of sp³-hybridized carbons (Fsp3) is 0.235. The Morgan fingerprint density at radius 3 is 2.21 bits per heavy atom. The first-order valence-corrected chi connectivity index (χ1v) is 14.2. The van der Waals surface area contributed by atoms with Crippen LogP contribution in [0.4, 0.5) is 4.39 Å². The zero-order chi connectivity index (χ0) is 29.9. The van der Waals surface area contributed by atoms with Gasteiger partial charge in [0.2, 0.25) is 0 Å². The normalized spacial score (nSPS) is 11.0. The molecule has 0 aliphatic carbocycles. The number of halogens is 2. The first-order chi connectivity index (χ1) is 20.3. The molecule has 0 amide bonds. The zero-order valence-electron chi connectivity index (χ0n) is 23.1. The van der Waals surface area contributed by atoms with Gasteiger partial charge in [-0.2, -0.15) is 0 Å². The third-order valence-electron chi connectivity index (χ3n) is 7.01. The molecule has 0 atom stereocenters. The molecule has 0 radical (unpaired) electrons. The Morgan fingerprint density at radius 2 is 1.52 bits per heavy atom. The van der Waals surface area contributed by atoms with Crippen molar-refractivity contribution in [3.8, 4) is 16.9 Å². The second-order valence-corrected chi connectivity index (χ2v) is 10.5. The van der Waals surface area contributed by atoms with Crippen molar-refractivity contribution < 1.29 is 28.9 Å². The van der Waals surface area contributed by atoms with Gasteiger partial charge < -0.3 is 14.9 Å². The molecule has 4 rings (SSSR count). The minimum absolute atomic E-state index is 0.0819. The molecular formula is C34H33ClFNO5. The maximum atomic E-state index is 15.0. The molecule has 0 aromatic heterocycles. The number of rotatable bonds is 15. The lowest BCUT2D eigenvalue weighted by Crippen LogP contribution is -2.27. The van der Waals surface area contributed by atoms with Crippen molar-refractivity contribution in [2.24, 2.45) is 0 Å². The Bertz CT molecular complexity index is 1490. The number of aromatic carboxylic acids is 1. The lowest BCUT2D eigenvalue weighted by Gasteiger charge is -2.23. The van der Waals surface area contributed by atoms with Gasteiger partial charge in [0.05, 0.1) is 5.56 Å². The number of nitrogens with zero attached hydrogens (tertiary/aromatic N) is 1. The van der Waals surface area contributed by atoms with Gasteiger partial charge >= 0.3 is 11.9 Å². The maximum Gasteiger partial charge on any atom is 0.335 e. The highest BCUT2D eigenvalue weighted by Gasteiger charge is 2.12. The second kappa shape index (κ2) is 15.1. The molecule has 4 aromatic carbocycles. The Kier molecular flexibility index (Phi) is 11.1. The van der Waals surface area contributed by atoms with Gasteiger partial charge in [0.1, 0.15) is 18.2 Å². The highest BCUT2D eigenvalue weighted by Crippen LogP contribution is 2.26. The summed E-state index contributed by atoms with van der Waals surface area (Å²) in [4.78, 5) is 24.4. The molecule has 0 spiro atoms. The second-order valence-electron chi connectivity index (χ2n) is 10.1. The smallest absolute Gasteiger partial charge is 0.335 e. The summed E-state index contributed by atoms with van der Waals surface area (Å²) in [5.41, 5.74) is 4.27. The molecule has 8 heteroatoms. The number of hydrogen-bond donors (Lipinski definition) is 2. The Labute approximate surface area is 250 Å². The van der Waals surface area contributed by atoms with Gasteiger partial charge in [0, 0.05) is 30.1 Å². The first kappa shape index (κ1) is 30.8. The quantitative estimate of drug-likeness (QED) is 0.138. The SMILES string of the molecule is O=C(O)CCCCN(CCc1ccccc1OCc1ccc(-c2ccc(Cl)cc2)cc1F)Cc1ccc(C(=O)O)cc1. The van der Waals surface area contributed by atoms with Gasteiger partial charge in [-0.25, -0.2) is 9.18 Å². The Morgan fingerprint density at radius 1 is 0.810 bits per heavy atom. The molecule has 0 unspecified atom stereocenters. The van der Waals surface area contributed by atoms with E-state index in [1.165, 1.54) is 6.07 Å². The maximum absolute atomic E-state index is 15.0. The summed E-state index contributed by atoms with van der Waals surface area (Å²) >= 11 is 5.97. The molecule has 0 bridgehead atoms. The molecular weight excluding hydrogens is 557 g/mol. The predicted octanol–water partition coefficient (Wildman–Crippen LogP) is 7.72. The number of ether oxygens (including phenoxy) is 1. The number of carboxylic acid groups (broad SMARTS) is 2. The van der Waals surface area contributed by atoms with Crippen LogP contribution in [0.15, 0.2) is 91.0 Å². The number of carbonyl (C=O) groups is 2. The van der Waals surface area contributed by atoms with E-state index in [0.29, 0.717) is 48.8 Å². The van der Waals surface area contributed by atoms with Crippen molar-refractivity contribution in [1.29, 1.82) is 0 Å². The summed E-state index contributed by atoms with van der Waals surface area (Å²) < 4.78 is 21.0. The van der Waals surface area contributed by atoms with E-state index in [0.717, 1.165) is 28.7 Å². The molecule has 2 N–H and O–H groups in total. The van der Waals surface area contributed by atoms with E-state index < -0.39 is 11.9 Å². The van der Waals surface area contributed by atoms with Crippen molar-refractivity contribution in [3.63, 3.8) is 0 Å². The molecule has 0 fully saturated rings. The fourth-order valence-electron chi connectivity index (χ4n) is 4.66. The van der Waals surface area contributed by atoms with E-state index in [1.54, 1.807) is 42.5 Å². The molecule has 4 aromatic rings. The van der Waals surface area contributed by atoms with Crippen LogP contribution in [-0.2, 0) is 24.4 Å². The van der Waals surface area contributed by atoms with Crippen molar-refractivity contribution in [2.45, 2.75) is 38.8 Å². The van der Waals surface area contributed by atoms with Gasteiger partial charge in [0.25, 0.3) is 0 Å². The predicted molar refractivity (Wildman–Crippen MR) is 161 cm³/mol. The fourth-order valence-corrected chi connectivity index (χ4v) is 4.79. The van der Waals surface area contributed by atoms with Crippen LogP contribution < -0.4 is 4.74 Å². The van der Waals surface area contributed by atoms with Crippen LogP contribution in [0, 0.1) is 5.82 Å². The van der Waals surface area contributed by atoms with Crippen molar-refractivity contribution in [1.82, 2.24) is 4.90 Å². The van der Waals surface area contributed by atoms with Crippen molar-refractivity contribution in [3.05, 3.63) is 124 Å². The largest absolute Gasteiger partial charge is 0.489 e. The molecule has 0 aliphatic rings. The summed E-state index contributed by atoms with van der Waals surface area (Å²) in [6.45, 7) is 2.06. The third kappa shape index (κ3) is 9.16. The van der Waals surface area contributed by atoms with E-state index in [9.17, 15) is 19.1 Å². The van der Waals surface area contributed by atoms with Crippen LogP contribution in [0.1, 0.15) is 46.3 Å². The number of hydrogen-bond acceptors (Lipinski definition) is 4. The van der Waals surface area contributed by atoms with Gasteiger partial charge in [0.15, 0.2) is 0 Å². The summed E-state index contributed by atoms with van der Waals surface area (Å²) in [6, 6.07) is 26.8. The van der Waals surface area contributed by atoms with E-state index in [4.69, 9.17) is 21.4 Å². The van der Waals surface area contributed by atoms with Crippen LogP contribution in [0.25, 0.3) is 11.1 Å². The van der Waals surface area contributed by atoms with E-state index in [-0.39, 0.29) is 24.4 Å². The molecule has 42 heavy (non-hydrogen) atoms. The van der Waals surface area contributed by atoms with Crippen LogP contribution in [0.5, 0.6) is 5.75 Å². The van der Waals surface area contributed by atoms with Gasteiger partial charge in [-0.15, -0.1) is 0 Å². The monoisotopic (exact) mass is 589 g/mol. The van der Waals surface area contributed by atoms with Gasteiger partial charge in [-0.05, 0) is 84.5 Å². The highest BCUT2D eigenvalue weighted by molar-refractivity contribution is 6.30. The minimum Gasteiger partial charge on any atom is -0.489 e. The molecule has 0 saturated heterocycles. The van der Waals surface area contributed by atoms with E-state index >= 15 is 0 Å². The number of aliphatic carboxylic acids is 1. The molecule has 0 aliphatic heterocycles. The van der Waals surface area contributed by atoms with Gasteiger partial charge in [-0.3, -0.25) is 9.69 Å². The van der Waals surface area contributed by atoms with Crippen molar-refractivity contribution >= 4 is 23.5 Å². The Hall–Kier alpha value is -4.20. The average Bonchev–Trinajstić information content (AvgIpc) is 2.98. The van der Waals surface area contributed by atoms with Gasteiger partial charge in [-0.1, -0.05) is 66.2 Å².